The van der Waals surface area contributed by atoms with Gasteiger partial charge in [-0.2, -0.15) is 11.8 Å². The molecule has 0 spiro atoms. The predicted octanol–water partition coefficient (Wildman–Crippen LogP) is -2.01. The van der Waals surface area contributed by atoms with E-state index in [4.69, 9.17) is 17.2 Å². The molecule has 0 saturated heterocycles. The van der Waals surface area contributed by atoms with E-state index < -0.39 is 54.0 Å². The van der Waals surface area contributed by atoms with E-state index in [-0.39, 0.29) is 37.5 Å². The standard InChI is InChI=1S/C24H39N7O7S/c1-13(32)19(23(37)38)31-21(35)17(4-3-10-28-24(26)27)29-22(36)18(12-14-5-7-15(33)8-6-14)30-20(34)16(25)9-11-39-2/h5-8,13,16-19,32-33H,3-4,9-12,25H2,1-2H3,(H,29,36)(H,30,34)(H,31,35)(H,37,38)(H4,26,27,28). The van der Waals surface area contributed by atoms with Crippen LogP contribution in [0.1, 0.15) is 31.7 Å². The maximum atomic E-state index is 13.4. The van der Waals surface area contributed by atoms with E-state index in [2.05, 4.69) is 20.9 Å². The average molecular weight is 570 g/mol. The Kier molecular flexibility index (Phi) is 14.7. The highest BCUT2D eigenvalue weighted by atomic mass is 32.2. The molecule has 5 unspecified atom stereocenters. The number of amides is 3. The fraction of sp³-hybridized carbons (Fsp3) is 0.542. The Morgan fingerprint density at radius 2 is 1.56 bits per heavy atom. The summed E-state index contributed by atoms with van der Waals surface area (Å²) in [5.74, 6) is -3.10. The molecule has 1 rings (SSSR count). The van der Waals surface area contributed by atoms with E-state index in [0.29, 0.717) is 17.7 Å². The first-order valence-electron chi connectivity index (χ1n) is 12.3. The van der Waals surface area contributed by atoms with Crippen LogP contribution in [0.3, 0.4) is 0 Å². The summed E-state index contributed by atoms with van der Waals surface area (Å²) in [6, 6.07) is 1.14. The number of guanidine groups is 1. The highest BCUT2D eigenvalue weighted by molar-refractivity contribution is 7.98. The number of nitrogens with two attached hydrogens (primary N) is 3. The minimum atomic E-state index is -1.61. The molecule has 0 fully saturated rings. The van der Waals surface area contributed by atoms with Gasteiger partial charge in [-0.25, -0.2) is 4.79 Å². The number of aliphatic hydroxyl groups excluding tert-OH is 1. The lowest BCUT2D eigenvalue weighted by molar-refractivity contribution is -0.145. The second-order valence-corrected chi connectivity index (χ2v) is 9.88. The Bertz CT molecular complexity index is 988. The van der Waals surface area contributed by atoms with Gasteiger partial charge in [0.15, 0.2) is 12.0 Å². The van der Waals surface area contributed by atoms with Crippen LogP contribution in [0.5, 0.6) is 5.75 Å². The Morgan fingerprint density at radius 1 is 0.974 bits per heavy atom. The van der Waals surface area contributed by atoms with Gasteiger partial charge in [0, 0.05) is 13.0 Å². The molecule has 0 radical (unpaired) electrons. The average Bonchev–Trinajstić information content (AvgIpc) is 2.87. The van der Waals surface area contributed by atoms with Crippen molar-refractivity contribution in [2.45, 2.75) is 62.9 Å². The van der Waals surface area contributed by atoms with Gasteiger partial charge in [0.05, 0.1) is 12.1 Å². The number of aliphatic hydroxyl groups is 1. The Morgan fingerprint density at radius 3 is 2.10 bits per heavy atom. The number of phenols is 1. The van der Waals surface area contributed by atoms with Crippen LogP contribution in [0, 0.1) is 0 Å². The van der Waals surface area contributed by atoms with Crippen molar-refractivity contribution in [2.24, 2.45) is 22.2 Å². The predicted molar refractivity (Wildman–Crippen MR) is 148 cm³/mol. The van der Waals surface area contributed by atoms with Crippen LogP contribution in [-0.2, 0) is 25.6 Å². The Labute approximate surface area is 231 Å². The number of thioether (sulfide) groups is 1. The van der Waals surface area contributed by atoms with E-state index in [1.54, 1.807) is 12.1 Å². The number of hydrogen-bond donors (Lipinski definition) is 9. The SMILES string of the molecule is CSCCC(N)C(=O)NC(Cc1ccc(O)cc1)C(=O)NC(CCCN=C(N)N)C(=O)NC(C(=O)O)C(C)O. The lowest BCUT2D eigenvalue weighted by Gasteiger charge is -2.26. The quantitative estimate of drug-likeness (QED) is 0.0562. The van der Waals surface area contributed by atoms with Crippen molar-refractivity contribution in [2.75, 3.05) is 18.6 Å². The van der Waals surface area contributed by atoms with Gasteiger partial charge in [0.2, 0.25) is 17.7 Å². The van der Waals surface area contributed by atoms with Gasteiger partial charge in [0.25, 0.3) is 0 Å². The van der Waals surface area contributed by atoms with Gasteiger partial charge in [-0.15, -0.1) is 0 Å². The Hall–Kier alpha value is -3.56. The van der Waals surface area contributed by atoms with Gasteiger partial charge < -0.3 is 48.5 Å². The first kappa shape index (κ1) is 33.5. The molecule has 5 atom stereocenters. The molecule has 39 heavy (non-hydrogen) atoms. The third-order valence-electron chi connectivity index (χ3n) is 5.60. The molecule has 15 heteroatoms. The van der Waals surface area contributed by atoms with E-state index in [0.717, 1.165) is 0 Å². The van der Waals surface area contributed by atoms with Gasteiger partial charge in [-0.3, -0.25) is 19.4 Å². The van der Waals surface area contributed by atoms with Crippen LogP contribution in [0.15, 0.2) is 29.3 Å². The first-order chi connectivity index (χ1) is 18.3. The van der Waals surface area contributed by atoms with Crippen molar-refractivity contribution in [3.8, 4) is 5.75 Å². The largest absolute Gasteiger partial charge is 0.508 e. The third-order valence-corrected chi connectivity index (χ3v) is 6.25. The van der Waals surface area contributed by atoms with Crippen molar-refractivity contribution < 1.29 is 34.5 Å². The number of nitrogens with one attached hydrogen (secondary N) is 3. The summed E-state index contributed by atoms with van der Waals surface area (Å²) in [5, 5.41) is 36.1. The molecule has 0 aliphatic carbocycles. The molecule has 218 valence electrons. The van der Waals surface area contributed by atoms with Crippen molar-refractivity contribution >= 4 is 41.4 Å². The van der Waals surface area contributed by atoms with Crippen LogP contribution in [0.2, 0.25) is 0 Å². The molecule has 0 bridgehead atoms. The van der Waals surface area contributed by atoms with Crippen LogP contribution in [-0.4, -0.2) is 93.8 Å². The second kappa shape index (κ2) is 17.1. The lowest BCUT2D eigenvalue weighted by Crippen LogP contribution is -2.58. The van der Waals surface area contributed by atoms with Crippen molar-refractivity contribution in [3.05, 3.63) is 29.8 Å². The monoisotopic (exact) mass is 569 g/mol. The number of aliphatic imine (C=N–C) groups is 1. The minimum absolute atomic E-state index is 0.0147. The van der Waals surface area contributed by atoms with Crippen LogP contribution < -0.4 is 33.2 Å². The highest BCUT2D eigenvalue weighted by Crippen LogP contribution is 2.12. The number of aliphatic carboxylic acids is 1. The summed E-state index contributed by atoms with van der Waals surface area (Å²) in [6.07, 6.45) is 1.13. The molecular formula is C24H39N7O7S. The molecular weight excluding hydrogens is 530 g/mol. The summed E-state index contributed by atoms with van der Waals surface area (Å²) in [4.78, 5) is 54.4. The second-order valence-electron chi connectivity index (χ2n) is 8.89. The molecule has 3 amide bonds. The number of hydrogen-bond acceptors (Lipinski definition) is 9. The smallest absolute Gasteiger partial charge is 0.328 e. The summed E-state index contributed by atoms with van der Waals surface area (Å²) in [7, 11) is 0. The van der Waals surface area contributed by atoms with Gasteiger partial charge in [0.1, 0.15) is 17.8 Å². The maximum absolute atomic E-state index is 13.4. The number of phenolic OH excluding ortho intramolecular Hbond substituents is 1. The molecule has 0 aromatic heterocycles. The molecule has 1 aromatic rings. The molecule has 14 nitrogen and oxygen atoms in total. The molecule has 0 aliphatic rings. The summed E-state index contributed by atoms with van der Waals surface area (Å²) in [6.45, 7) is 1.34. The summed E-state index contributed by atoms with van der Waals surface area (Å²) >= 11 is 1.52. The number of rotatable bonds is 17. The van der Waals surface area contributed by atoms with E-state index in [9.17, 15) is 34.5 Å². The van der Waals surface area contributed by atoms with Crippen molar-refractivity contribution in [3.63, 3.8) is 0 Å². The zero-order chi connectivity index (χ0) is 29.5. The van der Waals surface area contributed by atoms with Gasteiger partial charge >= 0.3 is 5.97 Å². The summed E-state index contributed by atoms with van der Waals surface area (Å²) in [5.41, 5.74) is 17.2. The van der Waals surface area contributed by atoms with E-state index in [1.807, 2.05) is 6.26 Å². The first-order valence-corrected chi connectivity index (χ1v) is 13.6. The highest BCUT2D eigenvalue weighted by Gasteiger charge is 2.31. The normalized spacial score (nSPS) is 14.7. The van der Waals surface area contributed by atoms with Crippen molar-refractivity contribution in [1.29, 1.82) is 0 Å². The summed E-state index contributed by atoms with van der Waals surface area (Å²) < 4.78 is 0. The number of benzene rings is 1. The van der Waals surface area contributed by atoms with Gasteiger partial charge in [-0.1, -0.05) is 12.1 Å². The fourth-order valence-corrected chi connectivity index (χ4v) is 3.91. The van der Waals surface area contributed by atoms with Crippen LogP contribution >= 0.6 is 11.8 Å². The number of carboxylic acids is 1. The number of nitrogens with zero attached hydrogens (tertiary/aromatic N) is 1. The van der Waals surface area contributed by atoms with Gasteiger partial charge in [-0.05, 0) is 55.9 Å². The lowest BCUT2D eigenvalue weighted by atomic mass is 10.0. The molecule has 0 heterocycles. The fourth-order valence-electron chi connectivity index (χ4n) is 3.42. The van der Waals surface area contributed by atoms with Crippen LogP contribution in [0.25, 0.3) is 0 Å². The zero-order valence-corrected chi connectivity index (χ0v) is 22.8. The third kappa shape index (κ3) is 12.7. The zero-order valence-electron chi connectivity index (χ0n) is 22.0. The number of carboxylic acid groups (broad SMARTS) is 1. The molecule has 1 aromatic carbocycles. The molecule has 0 saturated carbocycles. The van der Waals surface area contributed by atoms with Crippen LogP contribution in [0.4, 0.5) is 0 Å². The van der Waals surface area contributed by atoms with E-state index >= 15 is 0 Å². The molecule has 12 N–H and O–H groups in total. The van der Waals surface area contributed by atoms with E-state index in [1.165, 1.54) is 30.8 Å². The number of carbonyl (C=O) groups is 4. The topological polar surface area (TPSA) is 255 Å². The Balaban J connectivity index is 3.16. The number of aromatic hydroxyl groups is 1. The number of carbonyl (C=O) groups excluding carboxylic acids is 3. The molecule has 0 aliphatic heterocycles. The van der Waals surface area contributed by atoms with Crippen molar-refractivity contribution in [1.82, 2.24) is 16.0 Å². The maximum Gasteiger partial charge on any atom is 0.328 e. The minimum Gasteiger partial charge on any atom is -0.508 e.